The van der Waals surface area contributed by atoms with E-state index in [1.54, 1.807) is 18.2 Å². The molecule has 2 rings (SSSR count). The number of nitrogens with two attached hydrogens (primary N) is 1. The van der Waals surface area contributed by atoms with Crippen LogP contribution in [-0.2, 0) is 6.54 Å². The minimum absolute atomic E-state index is 0.178. The Bertz CT molecular complexity index is 498. The molecule has 4 N–H and O–H groups in total. The average molecular weight is 234 g/mol. The maximum absolute atomic E-state index is 11.7. The van der Waals surface area contributed by atoms with Crippen molar-refractivity contribution in [2.45, 2.75) is 6.54 Å². The average Bonchev–Trinajstić information content (AvgIpc) is 2.89. The number of nitrogen functional groups attached to an aromatic ring is 1. The SMILES string of the molecule is NNc1cccc(C(=O)NCc2ncon2)n1. The zero-order chi connectivity index (χ0) is 12.1. The van der Waals surface area contributed by atoms with E-state index in [1.807, 2.05) is 0 Å². The molecule has 0 saturated carbocycles. The van der Waals surface area contributed by atoms with Gasteiger partial charge in [-0.05, 0) is 12.1 Å². The molecule has 0 aromatic carbocycles. The maximum atomic E-state index is 11.7. The number of amides is 1. The predicted octanol–water partition coefficient (Wildman–Crippen LogP) is -0.320. The molecule has 0 aliphatic rings. The molecule has 2 aromatic heterocycles. The summed E-state index contributed by atoms with van der Waals surface area (Å²) in [6.07, 6.45) is 1.19. The minimum Gasteiger partial charge on any atom is -0.343 e. The van der Waals surface area contributed by atoms with E-state index in [1.165, 1.54) is 6.39 Å². The lowest BCUT2D eigenvalue weighted by Gasteiger charge is -2.03. The van der Waals surface area contributed by atoms with Crippen molar-refractivity contribution in [3.8, 4) is 0 Å². The van der Waals surface area contributed by atoms with Crippen molar-refractivity contribution >= 4 is 11.7 Å². The summed E-state index contributed by atoms with van der Waals surface area (Å²) in [6.45, 7) is 0.178. The summed E-state index contributed by atoms with van der Waals surface area (Å²) < 4.78 is 4.53. The first-order valence-corrected chi connectivity index (χ1v) is 4.76. The molecule has 0 spiro atoms. The maximum Gasteiger partial charge on any atom is 0.270 e. The van der Waals surface area contributed by atoms with E-state index in [9.17, 15) is 4.79 Å². The van der Waals surface area contributed by atoms with Crippen LogP contribution in [0.15, 0.2) is 29.1 Å². The van der Waals surface area contributed by atoms with Gasteiger partial charge >= 0.3 is 0 Å². The zero-order valence-electron chi connectivity index (χ0n) is 8.75. The Labute approximate surface area is 96.2 Å². The van der Waals surface area contributed by atoms with Gasteiger partial charge in [-0.15, -0.1) is 0 Å². The number of hydrazine groups is 1. The standard InChI is InChI=1S/C9H10N6O2/c10-14-7-3-1-2-6(13-7)9(16)11-4-8-12-5-17-15-8/h1-3,5H,4,10H2,(H,11,16)(H,13,14). The lowest BCUT2D eigenvalue weighted by atomic mass is 10.3. The molecule has 1 amide bonds. The van der Waals surface area contributed by atoms with Crippen molar-refractivity contribution in [2.24, 2.45) is 5.84 Å². The van der Waals surface area contributed by atoms with Crippen LogP contribution < -0.4 is 16.6 Å². The van der Waals surface area contributed by atoms with Crippen LogP contribution in [0.3, 0.4) is 0 Å². The van der Waals surface area contributed by atoms with Crippen LogP contribution in [0.5, 0.6) is 0 Å². The highest BCUT2D eigenvalue weighted by Gasteiger charge is 2.08. The van der Waals surface area contributed by atoms with Crippen molar-refractivity contribution in [3.63, 3.8) is 0 Å². The van der Waals surface area contributed by atoms with E-state index >= 15 is 0 Å². The van der Waals surface area contributed by atoms with Gasteiger partial charge in [0.15, 0.2) is 5.82 Å². The summed E-state index contributed by atoms with van der Waals surface area (Å²) in [5, 5.41) is 6.16. The Morgan fingerprint density at radius 2 is 2.35 bits per heavy atom. The van der Waals surface area contributed by atoms with Gasteiger partial charge in [-0.25, -0.2) is 10.8 Å². The fraction of sp³-hybridized carbons (Fsp3) is 0.111. The summed E-state index contributed by atoms with van der Waals surface area (Å²) >= 11 is 0. The fourth-order valence-corrected chi connectivity index (χ4v) is 1.16. The van der Waals surface area contributed by atoms with Crippen LogP contribution in [0.1, 0.15) is 16.3 Å². The quantitative estimate of drug-likeness (QED) is 0.490. The molecule has 0 bridgehead atoms. The van der Waals surface area contributed by atoms with Crippen LogP contribution in [-0.4, -0.2) is 21.0 Å². The predicted molar refractivity (Wildman–Crippen MR) is 57.5 cm³/mol. The molecule has 17 heavy (non-hydrogen) atoms. The van der Waals surface area contributed by atoms with Gasteiger partial charge in [0, 0.05) is 0 Å². The van der Waals surface area contributed by atoms with Gasteiger partial charge in [-0.2, -0.15) is 4.98 Å². The van der Waals surface area contributed by atoms with Gasteiger partial charge in [0.2, 0.25) is 6.39 Å². The number of rotatable bonds is 4. The molecular weight excluding hydrogens is 224 g/mol. The third-order valence-corrected chi connectivity index (χ3v) is 1.94. The van der Waals surface area contributed by atoms with Gasteiger partial charge in [0.1, 0.15) is 11.5 Å². The van der Waals surface area contributed by atoms with Crippen molar-refractivity contribution < 1.29 is 9.32 Å². The topological polar surface area (TPSA) is 119 Å². The molecular formula is C9H10N6O2. The molecule has 0 aliphatic heterocycles. The summed E-state index contributed by atoms with van der Waals surface area (Å²) in [5.41, 5.74) is 2.61. The molecule has 0 unspecified atom stereocenters. The zero-order valence-corrected chi connectivity index (χ0v) is 8.75. The number of nitrogens with zero attached hydrogens (tertiary/aromatic N) is 3. The van der Waals surface area contributed by atoms with Crippen LogP contribution in [0.2, 0.25) is 0 Å². The van der Waals surface area contributed by atoms with Crippen molar-refractivity contribution in [2.75, 3.05) is 5.43 Å². The number of hydrogen-bond donors (Lipinski definition) is 3. The Kier molecular flexibility index (Phi) is 3.26. The van der Waals surface area contributed by atoms with E-state index in [0.29, 0.717) is 11.6 Å². The number of anilines is 1. The first-order valence-electron chi connectivity index (χ1n) is 4.76. The van der Waals surface area contributed by atoms with Crippen LogP contribution in [0.25, 0.3) is 0 Å². The third-order valence-electron chi connectivity index (χ3n) is 1.94. The molecule has 2 aromatic rings. The van der Waals surface area contributed by atoms with Gasteiger partial charge in [0.05, 0.1) is 6.54 Å². The second-order valence-corrected chi connectivity index (χ2v) is 3.08. The lowest BCUT2D eigenvalue weighted by Crippen LogP contribution is -2.24. The highest BCUT2D eigenvalue weighted by molar-refractivity contribution is 5.92. The highest BCUT2D eigenvalue weighted by Crippen LogP contribution is 2.03. The molecule has 2 heterocycles. The normalized spacial score (nSPS) is 9.94. The Morgan fingerprint density at radius 3 is 3.06 bits per heavy atom. The Morgan fingerprint density at radius 1 is 1.47 bits per heavy atom. The Hall–Kier alpha value is -2.48. The Balaban J connectivity index is 1.99. The largest absolute Gasteiger partial charge is 0.343 e. The monoisotopic (exact) mass is 234 g/mol. The van der Waals surface area contributed by atoms with Crippen LogP contribution >= 0.6 is 0 Å². The van der Waals surface area contributed by atoms with Gasteiger partial charge in [-0.1, -0.05) is 11.2 Å². The summed E-state index contributed by atoms with van der Waals surface area (Å²) in [5.74, 6) is 5.66. The molecule has 0 aliphatic carbocycles. The number of carbonyl (C=O) groups is 1. The number of hydrogen-bond acceptors (Lipinski definition) is 7. The fourth-order valence-electron chi connectivity index (χ4n) is 1.16. The van der Waals surface area contributed by atoms with Crippen molar-refractivity contribution in [3.05, 3.63) is 36.1 Å². The number of nitrogens with one attached hydrogen (secondary N) is 2. The molecule has 88 valence electrons. The van der Waals surface area contributed by atoms with E-state index in [2.05, 4.69) is 30.4 Å². The van der Waals surface area contributed by atoms with E-state index < -0.39 is 0 Å². The van der Waals surface area contributed by atoms with Crippen LogP contribution in [0.4, 0.5) is 5.82 Å². The van der Waals surface area contributed by atoms with Crippen LogP contribution in [0, 0.1) is 0 Å². The van der Waals surface area contributed by atoms with Gasteiger partial charge < -0.3 is 15.3 Å². The minimum atomic E-state index is -0.341. The second kappa shape index (κ2) is 5.03. The molecule has 0 fully saturated rings. The molecule has 8 heteroatoms. The van der Waals surface area contributed by atoms with Gasteiger partial charge in [-0.3, -0.25) is 4.79 Å². The van der Waals surface area contributed by atoms with E-state index in [4.69, 9.17) is 5.84 Å². The number of carbonyl (C=O) groups excluding carboxylic acids is 1. The number of aromatic nitrogens is 3. The molecule has 0 atom stereocenters. The van der Waals surface area contributed by atoms with Crippen molar-refractivity contribution in [1.82, 2.24) is 20.4 Å². The lowest BCUT2D eigenvalue weighted by molar-refractivity contribution is 0.0945. The first kappa shape index (κ1) is 11.0. The third kappa shape index (κ3) is 2.75. The summed E-state index contributed by atoms with van der Waals surface area (Å²) in [7, 11) is 0. The smallest absolute Gasteiger partial charge is 0.270 e. The molecule has 0 radical (unpaired) electrons. The summed E-state index contributed by atoms with van der Waals surface area (Å²) in [4.78, 5) is 19.4. The second-order valence-electron chi connectivity index (χ2n) is 3.08. The van der Waals surface area contributed by atoms with E-state index in [-0.39, 0.29) is 18.1 Å². The summed E-state index contributed by atoms with van der Waals surface area (Å²) in [6, 6.07) is 4.90. The number of pyridine rings is 1. The molecule has 8 nitrogen and oxygen atoms in total. The molecule has 0 saturated heterocycles. The van der Waals surface area contributed by atoms with E-state index in [0.717, 1.165) is 0 Å². The highest BCUT2D eigenvalue weighted by atomic mass is 16.5. The first-order chi connectivity index (χ1) is 8.29. The van der Waals surface area contributed by atoms with Crippen molar-refractivity contribution in [1.29, 1.82) is 0 Å². The van der Waals surface area contributed by atoms with Gasteiger partial charge in [0.25, 0.3) is 5.91 Å².